The van der Waals surface area contributed by atoms with Crippen LogP contribution in [0, 0.1) is 13.8 Å². The van der Waals surface area contributed by atoms with Gasteiger partial charge in [0.05, 0.1) is 0 Å². The standard InChI is InChI=1S/C17H24N2O2/c1-10-7-8-13(18-10)9-14-11(2)12(3)15(19-14)16(20)21-17(4,5)6/h9,19H,7-8H2,1-6H3/b13-9-. The van der Waals surface area contributed by atoms with Crippen LogP contribution < -0.4 is 0 Å². The van der Waals surface area contributed by atoms with Crippen LogP contribution in [0.3, 0.4) is 0 Å². The van der Waals surface area contributed by atoms with Gasteiger partial charge >= 0.3 is 5.97 Å². The second kappa shape index (κ2) is 5.51. The van der Waals surface area contributed by atoms with Crippen molar-refractivity contribution in [2.45, 2.75) is 60.0 Å². The summed E-state index contributed by atoms with van der Waals surface area (Å²) in [6.07, 6.45) is 4.02. The lowest BCUT2D eigenvalue weighted by atomic mass is 10.1. The number of carbonyl (C=O) groups excluding carboxylic acids is 1. The SMILES string of the molecule is CC1=N/C(=C\c2[nH]c(C(=O)OC(C)(C)C)c(C)c2C)CC1. The normalized spacial score (nSPS) is 17.2. The Morgan fingerprint density at radius 2 is 1.86 bits per heavy atom. The molecule has 1 aliphatic heterocycles. The van der Waals surface area contributed by atoms with Gasteiger partial charge in [0.25, 0.3) is 0 Å². The first-order chi connectivity index (χ1) is 9.67. The van der Waals surface area contributed by atoms with Gasteiger partial charge in [0, 0.05) is 17.1 Å². The lowest BCUT2D eigenvalue weighted by Crippen LogP contribution is -2.24. The van der Waals surface area contributed by atoms with Crippen LogP contribution in [0.15, 0.2) is 10.7 Å². The number of carbonyl (C=O) groups is 1. The van der Waals surface area contributed by atoms with Crippen LogP contribution in [0.2, 0.25) is 0 Å². The van der Waals surface area contributed by atoms with Crippen LogP contribution in [0.5, 0.6) is 0 Å². The second-order valence-electron chi connectivity index (χ2n) is 6.65. The highest BCUT2D eigenvalue weighted by Crippen LogP contribution is 2.25. The van der Waals surface area contributed by atoms with Crippen LogP contribution in [-0.2, 0) is 4.74 Å². The lowest BCUT2D eigenvalue weighted by Gasteiger charge is -2.19. The van der Waals surface area contributed by atoms with Gasteiger partial charge in [-0.25, -0.2) is 4.79 Å². The number of H-pyrrole nitrogens is 1. The van der Waals surface area contributed by atoms with Gasteiger partial charge in [0.2, 0.25) is 0 Å². The van der Waals surface area contributed by atoms with Crippen molar-refractivity contribution in [3.05, 3.63) is 28.2 Å². The maximum atomic E-state index is 12.2. The van der Waals surface area contributed by atoms with Gasteiger partial charge in [0.15, 0.2) is 0 Å². The minimum absolute atomic E-state index is 0.307. The predicted octanol–water partition coefficient (Wildman–Crippen LogP) is 4.18. The molecule has 114 valence electrons. The first-order valence-corrected chi connectivity index (χ1v) is 7.34. The Hall–Kier alpha value is -1.84. The van der Waals surface area contributed by atoms with Crippen LogP contribution in [0.1, 0.15) is 67.8 Å². The number of aliphatic imine (C=N–C) groups is 1. The summed E-state index contributed by atoms with van der Waals surface area (Å²) in [5.41, 5.74) is 5.23. The van der Waals surface area contributed by atoms with Crippen molar-refractivity contribution in [2.75, 3.05) is 0 Å². The number of aromatic amines is 1. The van der Waals surface area contributed by atoms with Crippen LogP contribution >= 0.6 is 0 Å². The fraction of sp³-hybridized carbons (Fsp3) is 0.529. The number of rotatable bonds is 2. The maximum Gasteiger partial charge on any atom is 0.355 e. The molecule has 0 amide bonds. The fourth-order valence-corrected chi connectivity index (χ4v) is 2.33. The van der Waals surface area contributed by atoms with Crippen molar-refractivity contribution in [1.82, 2.24) is 4.98 Å². The van der Waals surface area contributed by atoms with E-state index in [2.05, 4.69) is 9.98 Å². The summed E-state index contributed by atoms with van der Waals surface area (Å²) in [4.78, 5) is 19.9. The molecule has 4 nitrogen and oxygen atoms in total. The third-order valence-electron chi connectivity index (χ3n) is 3.59. The van der Waals surface area contributed by atoms with E-state index in [1.165, 1.54) is 0 Å². The predicted molar refractivity (Wildman–Crippen MR) is 85.8 cm³/mol. The van der Waals surface area contributed by atoms with E-state index in [9.17, 15) is 4.79 Å². The Morgan fingerprint density at radius 1 is 1.19 bits per heavy atom. The van der Waals surface area contributed by atoms with Gasteiger partial charge in [-0.2, -0.15) is 0 Å². The molecule has 1 aromatic heterocycles. The van der Waals surface area contributed by atoms with Gasteiger partial charge < -0.3 is 9.72 Å². The molecule has 1 aliphatic rings. The summed E-state index contributed by atoms with van der Waals surface area (Å²) in [6, 6.07) is 0. The molecule has 2 heterocycles. The summed E-state index contributed by atoms with van der Waals surface area (Å²) in [7, 11) is 0. The zero-order valence-electron chi connectivity index (χ0n) is 13.8. The highest BCUT2D eigenvalue weighted by molar-refractivity contribution is 5.91. The molecule has 1 N–H and O–H groups in total. The molecular weight excluding hydrogens is 264 g/mol. The van der Waals surface area contributed by atoms with Crippen LogP contribution in [-0.4, -0.2) is 22.3 Å². The monoisotopic (exact) mass is 288 g/mol. The number of esters is 1. The van der Waals surface area contributed by atoms with E-state index in [-0.39, 0.29) is 5.97 Å². The summed E-state index contributed by atoms with van der Waals surface area (Å²) < 4.78 is 5.44. The smallest absolute Gasteiger partial charge is 0.355 e. The Balaban J connectivity index is 2.31. The summed E-state index contributed by atoms with van der Waals surface area (Å²) in [5, 5.41) is 0. The van der Waals surface area contributed by atoms with E-state index in [1.54, 1.807) is 0 Å². The number of hydrogen-bond acceptors (Lipinski definition) is 3. The van der Waals surface area contributed by atoms with Crippen molar-refractivity contribution < 1.29 is 9.53 Å². The van der Waals surface area contributed by atoms with Crippen molar-refractivity contribution in [2.24, 2.45) is 4.99 Å². The van der Waals surface area contributed by atoms with Crippen LogP contribution in [0.4, 0.5) is 0 Å². The first kappa shape index (κ1) is 15.5. The van der Waals surface area contributed by atoms with E-state index >= 15 is 0 Å². The summed E-state index contributed by atoms with van der Waals surface area (Å²) >= 11 is 0. The molecule has 0 unspecified atom stereocenters. The molecule has 2 rings (SSSR count). The van der Waals surface area contributed by atoms with Crippen molar-refractivity contribution >= 4 is 17.8 Å². The summed E-state index contributed by atoms with van der Waals surface area (Å²) in [5.74, 6) is -0.307. The van der Waals surface area contributed by atoms with Gasteiger partial charge in [-0.05, 0) is 71.6 Å². The number of nitrogens with zero attached hydrogens (tertiary/aromatic N) is 1. The third kappa shape index (κ3) is 3.63. The molecule has 0 radical (unpaired) electrons. The Kier molecular flexibility index (Phi) is 4.08. The topological polar surface area (TPSA) is 54.5 Å². The Morgan fingerprint density at radius 3 is 2.38 bits per heavy atom. The molecule has 0 bridgehead atoms. The molecule has 21 heavy (non-hydrogen) atoms. The molecule has 0 saturated heterocycles. The number of nitrogens with one attached hydrogen (secondary N) is 1. The number of allylic oxidation sites excluding steroid dienone is 1. The van der Waals surface area contributed by atoms with Gasteiger partial charge in [-0.1, -0.05) is 0 Å². The molecular formula is C17H24N2O2. The van der Waals surface area contributed by atoms with Crippen molar-refractivity contribution in [3.8, 4) is 0 Å². The van der Waals surface area contributed by atoms with Gasteiger partial charge in [0.1, 0.15) is 11.3 Å². The minimum atomic E-state index is -0.492. The molecule has 0 aromatic carbocycles. The molecule has 1 aromatic rings. The average molecular weight is 288 g/mol. The minimum Gasteiger partial charge on any atom is -0.455 e. The molecule has 0 aliphatic carbocycles. The van der Waals surface area contributed by atoms with Crippen molar-refractivity contribution in [1.29, 1.82) is 0 Å². The highest BCUT2D eigenvalue weighted by Gasteiger charge is 2.22. The van der Waals surface area contributed by atoms with E-state index in [1.807, 2.05) is 47.6 Å². The van der Waals surface area contributed by atoms with E-state index < -0.39 is 5.60 Å². The highest BCUT2D eigenvalue weighted by atomic mass is 16.6. The summed E-state index contributed by atoms with van der Waals surface area (Å²) in [6.45, 7) is 11.6. The first-order valence-electron chi connectivity index (χ1n) is 7.34. The molecule has 0 spiro atoms. The number of aromatic nitrogens is 1. The average Bonchev–Trinajstić information content (AvgIpc) is 2.86. The number of ether oxygens (including phenoxy) is 1. The van der Waals surface area contributed by atoms with E-state index in [0.29, 0.717) is 5.69 Å². The quantitative estimate of drug-likeness (QED) is 0.830. The lowest BCUT2D eigenvalue weighted by molar-refractivity contribution is 0.00627. The largest absolute Gasteiger partial charge is 0.455 e. The third-order valence-corrected chi connectivity index (χ3v) is 3.59. The van der Waals surface area contributed by atoms with Crippen LogP contribution in [0.25, 0.3) is 6.08 Å². The Labute approximate surface area is 126 Å². The second-order valence-corrected chi connectivity index (χ2v) is 6.65. The van der Waals surface area contributed by atoms with E-state index in [0.717, 1.165) is 41.1 Å². The van der Waals surface area contributed by atoms with E-state index in [4.69, 9.17) is 4.74 Å². The maximum absolute atomic E-state index is 12.2. The number of hydrogen-bond donors (Lipinski definition) is 1. The van der Waals surface area contributed by atoms with Gasteiger partial charge in [-0.15, -0.1) is 0 Å². The zero-order valence-corrected chi connectivity index (χ0v) is 13.8. The molecule has 0 fully saturated rings. The Bertz CT molecular complexity index is 628. The fourth-order valence-electron chi connectivity index (χ4n) is 2.33. The molecule has 0 atom stereocenters. The van der Waals surface area contributed by atoms with Gasteiger partial charge in [-0.3, -0.25) is 4.99 Å². The molecule has 4 heteroatoms. The zero-order chi connectivity index (χ0) is 15.8. The molecule has 0 saturated carbocycles. The van der Waals surface area contributed by atoms with Crippen molar-refractivity contribution in [3.63, 3.8) is 0 Å².